The van der Waals surface area contributed by atoms with Crippen molar-refractivity contribution in [1.29, 1.82) is 0 Å². The van der Waals surface area contributed by atoms with Crippen LogP contribution in [0.1, 0.15) is 35.9 Å². The Morgan fingerprint density at radius 1 is 1.13 bits per heavy atom. The van der Waals surface area contributed by atoms with Crippen LogP contribution in [0.15, 0.2) is 53.1 Å². The van der Waals surface area contributed by atoms with Crippen LogP contribution in [0.2, 0.25) is 0 Å². The molecule has 0 saturated carbocycles. The largest absolute Gasteiger partial charge is 0.439 e. The van der Waals surface area contributed by atoms with E-state index < -0.39 is 11.6 Å². The van der Waals surface area contributed by atoms with E-state index >= 15 is 0 Å². The maximum Gasteiger partial charge on any atom is 0.325 e. The number of fused-ring (bicyclic) bond motifs is 1. The number of amides is 3. The molecule has 3 amide bonds. The number of nitrogens with zero attached hydrogens (tertiary/aromatic N) is 2. The number of nitrogens with one attached hydrogen (secondary N) is 1. The SMILES string of the molecule is C[C@@]1(c2ccc3c(c2)CCC3)NC(=O)N(Cc2ncc(-c3ccc(F)cc3)o2)C1=O. The zero-order valence-corrected chi connectivity index (χ0v) is 16.4. The molecule has 2 aliphatic rings. The van der Waals surface area contributed by atoms with E-state index in [1.807, 2.05) is 18.2 Å². The number of imide groups is 1. The van der Waals surface area contributed by atoms with Gasteiger partial charge in [0.05, 0.1) is 6.20 Å². The molecule has 1 aliphatic carbocycles. The Bertz CT molecular complexity index is 1150. The summed E-state index contributed by atoms with van der Waals surface area (Å²) in [7, 11) is 0. The van der Waals surface area contributed by atoms with E-state index in [1.54, 1.807) is 19.1 Å². The molecule has 0 radical (unpaired) electrons. The van der Waals surface area contributed by atoms with Crippen LogP contribution in [-0.2, 0) is 29.7 Å². The monoisotopic (exact) mass is 405 g/mol. The van der Waals surface area contributed by atoms with E-state index in [2.05, 4.69) is 10.3 Å². The molecule has 6 nitrogen and oxygen atoms in total. The highest BCUT2D eigenvalue weighted by Gasteiger charge is 2.49. The van der Waals surface area contributed by atoms with Gasteiger partial charge < -0.3 is 9.73 Å². The number of aromatic nitrogens is 1. The molecule has 0 bridgehead atoms. The third kappa shape index (κ3) is 2.98. The molecule has 1 aliphatic heterocycles. The first-order valence-electron chi connectivity index (χ1n) is 9.91. The van der Waals surface area contributed by atoms with Gasteiger partial charge in [0.25, 0.3) is 5.91 Å². The molecule has 5 rings (SSSR count). The normalized spacial score (nSPS) is 20.5. The Hall–Kier alpha value is -3.48. The van der Waals surface area contributed by atoms with Crippen LogP contribution in [0.3, 0.4) is 0 Å². The van der Waals surface area contributed by atoms with Crippen molar-refractivity contribution in [3.8, 4) is 11.3 Å². The minimum absolute atomic E-state index is 0.0770. The van der Waals surface area contributed by atoms with Crippen LogP contribution in [0.5, 0.6) is 0 Å². The maximum atomic E-state index is 13.2. The summed E-state index contributed by atoms with van der Waals surface area (Å²) in [5.41, 5.74) is 2.87. The molecule has 0 spiro atoms. The summed E-state index contributed by atoms with van der Waals surface area (Å²) in [5.74, 6) is -0.00916. The van der Waals surface area contributed by atoms with Gasteiger partial charge in [0, 0.05) is 5.56 Å². The lowest BCUT2D eigenvalue weighted by Crippen LogP contribution is -2.41. The van der Waals surface area contributed by atoms with Crippen molar-refractivity contribution >= 4 is 11.9 Å². The van der Waals surface area contributed by atoms with Crippen molar-refractivity contribution in [1.82, 2.24) is 15.2 Å². The van der Waals surface area contributed by atoms with Crippen molar-refractivity contribution in [2.75, 3.05) is 0 Å². The molecule has 7 heteroatoms. The molecule has 152 valence electrons. The summed E-state index contributed by atoms with van der Waals surface area (Å²) in [4.78, 5) is 31.1. The van der Waals surface area contributed by atoms with Crippen LogP contribution in [0, 0.1) is 5.82 Å². The molecule has 1 N–H and O–H groups in total. The minimum atomic E-state index is -1.12. The number of rotatable bonds is 4. The van der Waals surface area contributed by atoms with E-state index in [0.29, 0.717) is 11.3 Å². The summed E-state index contributed by atoms with van der Waals surface area (Å²) < 4.78 is 18.8. The van der Waals surface area contributed by atoms with E-state index in [1.165, 1.54) is 29.5 Å². The fraction of sp³-hybridized carbons (Fsp3) is 0.261. The Labute approximate surface area is 172 Å². The third-order valence-electron chi connectivity index (χ3n) is 5.93. The number of oxazole rings is 1. The van der Waals surface area contributed by atoms with Gasteiger partial charge in [-0.2, -0.15) is 0 Å². The van der Waals surface area contributed by atoms with Crippen LogP contribution in [-0.4, -0.2) is 21.8 Å². The van der Waals surface area contributed by atoms with E-state index in [-0.39, 0.29) is 24.2 Å². The first-order chi connectivity index (χ1) is 14.4. The van der Waals surface area contributed by atoms with Crippen LogP contribution < -0.4 is 5.32 Å². The van der Waals surface area contributed by atoms with Crippen LogP contribution >= 0.6 is 0 Å². The van der Waals surface area contributed by atoms with E-state index in [0.717, 1.165) is 29.7 Å². The third-order valence-corrected chi connectivity index (χ3v) is 5.93. The zero-order valence-electron chi connectivity index (χ0n) is 16.4. The highest BCUT2D eigenvalue weighted by molar-refractivity contribution is 6.07. The fourth-order valence-electron chi connectivity index (χ4n) is 4.19. The first kappa shape index (κ1) is 18.5. The predicted molar refractivity (Wildman–Crippen MR) is 107 cm³/mol. The maximum absolute atomic E-state index is 13.2. The van der Waals surface area contributed by atoms with Crippen LogP contribution in [0.4, 0.5) is 9.18 Å². The lowest BCUT2D eigenvalue weighted by Gasteiger charge is -2.23. The minimum Gasteiger partial charge on any atom is -0.439 e. The molecular formula is C23H20FN3O3. The average Bonchev–Trinajstić information content (AvgIpc) is 3.44. The van der Waals surface area contributed by atoms with E-state index in [9.17, 15) is 14.0 Å². The average molecular weight is 405 g/mol. The standard InChI is InChI=1S/C23H20FN3O3/c1-23(17-8-5-14-3-2-4-16(14)11-17)21(28)27(22(29)26-23)13-20-25-12-19(30-20)15-6-9-18(24)10-7-15/h5-12H,2-4,13H2,1H3,(H,26,29)/t23-/m0/s1. The second kappa shape index (κ2) is 6.79. The molecule has 1 fully saturated rings. The van der Waals surface area contributed by atoms with Crippen LogP contribution in [0.25, 0.3) is 11.3 Å². The van der Waals surface area contributed by atoms with Crippen molar-refractivity contribution in [3.63, 3.8) is 0 Å². The summed E-state index contributed by atoms with van der Waals surface area (Å²) in [6, 6.07) is 11.3. The number of aryl methyl sites for hydroxylation is 2. The molecule has 1 aromatic heterocycles. The molecule has 2 heterocycles. The molecular weight excluding hydrogens is 385 g/mol. The zero-order chi connectivity index (χ0) is 20.9. The molecule has 1 atom stereocenters. The van der Waals surface area contributed by atoms with Gasteiger partial charge in [-0.05, 0) is 67.1 Å². The number of carbonyl (C=O) groups excluding carboxylic acids is 2. The molecule has 1 saturated heterocycles. The highest BCUT2D eigenvalue weighted by Crippen LogP contribution is 2.33. The van der Waals surface area contributed by atoms with Gasteiger partial charge in [-0.25, -0.2) is 14.2 Å². The van der Waals surface area contributed by atoms with Crippen molar-refractivity contribution in [3.05, 3.63) is 77.1 Å². The molecule has 30 heavy (non-hydrogen) atoms. The number of hydrogen-bond donors (Lipinski definition) is 1. The number of benzene rings is 2. The summed E-state index contributed by atoms with van der Waals surface area (Å²) in [6.07, 6.45) is 4.66. The molecule has 2 aromatic carbocycles. The summed E-state index contributed by atoms with van der Waals surface area (Å²) in [5, 5.41) is 2.83. The van der Waals surface area contributed by atoms with Crippen molar-refractivity contribution in [2.45, 2.75) is 38.3 Å². The lowest BCUT2D eigenvalue weighted by molar-refractivity contribution is -0.131. The first-order valence-corrected chi connectivity index (χ1v) is 9.91. The Kier molecular flexibility index (Phi) is 4.20. The number of hydrogen-bond acceptors (Lipinski definition) is 4. The topological polar surface area (TPSA) is 75.4 Å². The summed E-state index contributed by atoms with van der Waals surface area (Å²) in [6.45, 7) is 1.65. The van der Waals surface area contributed by atoms with Gasteiger partial charge in [-0.3, -0.25) is 9.69 Å². The summed E-state index contributed by atoms with van der Waals surface area (Å²) >= 11 is 0. The fourth-order valence-corrected chi connectivity index (χ4v) is 4.19. The number of urea groups is 1. The Morgan fingerprint density at radius 3 is 2.70 bits per heavy atom. The van der Waals surface area contributed by atoms with Gasteiger partial charge in [0.1, 0.15) is 17.9 Å². The second-order valence-electron chi connectivity index (χ2n) is 7.91. The quantitative estimate of drug-likeness (QED) is 0.667. The van der Waals surface area contributed by atoms with E-state index in [4.69, 9.17) is 4.42 Å². The second-order valence-corrected chi connectivity index (χ2v) is 7.91. The Balaban J connectivity index is 1.38. The van der Waals surface area contributed by atoms with Gasteiger partial charge in [-0.15, -0.1) is 0 Å². The smallest absolute Gasteiger partial charge is 0.325 e. The molecule has 3 aromatic rings. The highest BCUT2D eigenvalue weighted by atomic mass is 19.1. The van der Waals surface area contributed by atoms with Crippen molar-refractivity contribution < 1.29 is 18.4 Å². The van der Waals surface area contributed by atoms with Gasteiger partial charge in [-0.1, -0.05) is 18.2 Å². The van der Waals surface area contributed by atoms with Crippen molar-refractivity contribution in [2.24, 2.45) is 0 Å². The molecule has 0 unspecified atom stereocenters. The lowest BCUT2D eigenvalue weighted by atomic mass is 9.90. The van der Waals surface area contributed by atoms with Gasteiger partial charge in [0.2, 0.25) is 5.89 Å². The number of carbonyl (C=O) groups is 2. The van der Waals surface area contributed by atoms with Gasteiger partial charge >= 0.3 is 6.03 Å². The Morgan fingerprint density at radius 2 is 1.90 bits per heavy atom. The van der Waals surface area contributed by atoms with Gasteiger partial charge in [0.15, 0.2) is 5.76 Å². The number of halogens is 1. The predicted octanol–water partition coefficient (Wildman–Crippen LogP) is 3.94.